The van der Waals surface area contributed by atoms with E-state index in [0.717, 1.165) is 12.3 Å². The van der Waals surface area contributed by atoms with Crippen LogP contribution in [-0.2, 0) is 10.7 Å². The second kappa shape index (κ2) is 4.06. The molecule has 1 saturated heterocycles. The number of nitrogens with one attached hydrogen (secondary N) is 1. The lowest BCUT2D eigenvalue weighted by Crippen LogP contribution is -2.46. The summed E-state index contributed by atoms with van der Waals surface area (Å²) in [5.41, 5.74) is -1.71. The molecular formula is C9H11FN2O5. The number of aromatic amines is 1. The van der Waals surface area contributed by atoms with Crippen molar-refractivity contribution < 1.29 is 19.3 Å². The molecule has 0 radical (unpaired) electrons. The SMILES string of the molecule is O=c1ccn([C@]2(F)O[C@H](CO)C[C@H]2O)c(=O)[nH]1. The van der Waals surface area contributed by atoms with E-state index in [-0.39, 0.29) is 6.42 Å². The summed E-state index contributed by atoms with van der Waals surface area (Å²) in [6.45, 7) is -0.471. The Balaban J connectivity index is 2.45. The molecule has 94 valence electrons. The van der Waals surface area contributed by atoms with Crippen LogP contribution < -0.4 is 11.2 Å². The quantitative estimate of drug-likeness (QED) is 0.574. The van der Waals surface area contributed by atoms with E-state index in [9.17, 15) is 19.1 Å². The van der Waals surface area contributed by atoms with Gasteiger partial charge in [-0.1, -0.05) is 0 Å². The smallest absolute Gasteiger partial charge is 0.332 e. The van der Waals surface area contributed by atoms with Crippen molar-refractivity contribution in [2.24, 2.45) is 0 Å². The molecule has 0 unspecified atom stereocenters. The molecule has 0 saturated carbocycles. The number of rotatable bonds is 2. The van der Waals surface area contributed by atoms with Crippen molar-refractivity contribution in [3.8, 4) is 0 Å². The maximum Gasteiger partial charge on any atom is 0.332 e. The van der Waals surface area contributed by atoms with Crippen LogP contribution in [0.1, 0.15) is 6.42 Å². The largest absolute Gasteiger partial charge is 0.394 e. The van der Waals surface area contributed by atoms with Gasteiger partial charge < -0.3 is 14.9 Å². The predicted octanol–water partition coefficient (Wildman–Crippen LogP) is -1.74. The van der Waals surface area contributed by atoms with Crippen LogP contribution >= 0.6 is 0 Å². The number of aliphatic hydroxyl groups excluding tert-OH is 2. The summed E-state index contributed by atoms with van der Waals surface area (Å²) in [6.07, 6.45) is -1.74. The van der Waals surface area contributed by atoms with Crippen LogP contribution in [0.2, 0.25) is 0 Å². The van der Waals surface area contributed by atoms with Gasteiger partial charge in [0.1, 0.15) is 6.10 Å². The number of hydrogen-bond donors (Lipinski definition) is 3. The zero-order valence-corrected chi connectivity index (χ0v) is 8.67. The average molecular weight is 246 g/mol. The third-order valence-electron chi connectivity index (χ3n) is 2.59. The first kappa shape index (κ1) is 12.0. The monoisotopic (exact) mass is 246 g/mol. The lowest BCUT2D eigenvalue weighted by atomic mass is 10.2. The van der Waals surface area contributed by atoms with Gasteiger partial charge in [0.25, 0.3) is 5.56 Å². The van der Waals surface area contributed by atoms with Gasteiger partial charge >= 0.3 is 11.7 Å². The number of alkyl halides is 1. The highest BCUT2D eigenvalue weighted by molar-refractivity contribution is 4.92. The normalized spacial score (nSPS) is 32.9. The summed E-state index contributed by atoms with van der Waals surface area (Å²) in [6, 6.07) is 0.936. The van der Waals surface area contributed by atoms with Gasteiger partial charge in [-0.3, -0.25) is 9.78 Å². The van der Waals surface area contributed by atoms with Crippen LogP contribution in [0.4, 0.5) is 4.39 Å². The van der Waals surface area contributed by atoms with Crippen LogP contribution in [0.3, 0.4) is 0 Å². The molecule has 0 aliphatic carbocycles. The fraction of sp³-hybridized carbons (Fsp3) is 0.556. The van der Waals surface area contributed by atoms with E-state index in [1.165, 1.54) is 0 Å². The van der Waals surface area contributed by atoms with Crippen LogP contribution in [0.5, 0.6) is 0 Å². The van der Waals surface area contributed by atoms with Gasteiger partial charge in [0, 0.05) is 18.7 Å². The molecule has 3 N–H and O–H groups in total. The second-order valence-corrected chi connectivity index (χ2v) is 3.76. The molecule has 17 heavy (non-hydrogen) atoms. The Labute approximate surface area is 94.1 Å². The number of H-pyrrole nitrogens is 1. The molecule has 3 atom stereocenters. The Morgan fingerprint density at radius 3 is 2.88 bits per heavy atom. The van der Waals surface area contributed by atoms with Gasteiger partial charge in [0.15, 0.2) is 0 Å². The molecule has 1 aliphatic rings. The molecule has 1 aromatic rings. The first-order valence-electron chi connectivity index (χ1n) is 4.95. The van der Waals surface area contributed by atoms with Gasteiger partial charge in [-0.2, -0.15) is 4.39 Å². The third-order valence-corrected chi connectivity index (χ3v) is 2.59. The minimum Gasteiger partial charge on any atom is -0.394 e. The fourth-order valence-electron chi connectivity index (χ4n) is 1.74. The topological polar surface area (TPSA) is 105 Å². The molecular weight excluding hydrogens is 235 g/mol. The summed E-state index contributed by atoms with van der Waals surface area (Å²) < 4.78 is 19.6. The van der Waals surface area contributed by atoms with E-state index < -0.39 is 36.0 Å². The fourth-order valence-corrected chi connectivity index (χ4v) is 1.74. The third kappa shape index (κ3) is 1.90. The first-order chi connectivity index (χ1) is 7.97. The van der Waals surface area contributed by atoms with E-state index in [1.54, 1.807) is 0 Å². The highest BCUT2D eigenvalue weighted by atomic mass is 19.2. The molecule has 1 fully saturated rings. The van der Waals surface area contributed by atoms with Crippen molar-refractivity contribution in [3.05, 3.63) is 33.1 Å². The summed E-state index contributed by atoms with van der Waals surface area (Å²) in [4.78, 5) is 24.1. The van der Waals surface area contributed by atoms with E-state index in [2.05, 4.69) is 0 Å². The van der Waals surface area contributed by atoms with Crippen molar-refractivity contribution in [3.63, 3.8) is 0 Å². The molecule has 0 spiro atoms. The number of nitrogens with zero attached hydrogens (tertiary/aromatic N) is 1. The minimum absolute atomic E-state index is 0.140. The van der Waals surface area contributed by atoms with Crippen molar-refractivity contribution in [2.75, 3.05) is 6.61 Å². The van der Waals surface area contributed by atoms with E-state index in [4.69, 9.17) is 9.84 Å². The number of halogens is 1. The zero-order chi connectivity index (χ0) is 12.6. The summed E-state index contributed by atoms with van der Waals surface area (Å²) >= 11 is 0. The van der Waals surface area contributed by atoms with Gasteiger partial charge in [-0.15, -0.1) is 0 Å². The van der Waals surface area contributed by atoms with E-state index in [1.807, 2.05) is 4.98 Å². The molecule has 0 aromatic carbocycles. The highest BCUT2D eigenvalue weighted by Crippen LogP contribution is 2.35. The summed E-state index contributed by atoms with van der Waals surface area (Å²) in [5.74, 6) is -2.77. The minimum atomic E-state index is -2.77. The Kier molecular flexibility index (Phi) is 2.86. The first-order valence-corrected chi connectivity index (χ1v) is 4.95. The zero-order valence-electron chi connectivity index (χ0n) is 8.67. The summed E-state index contributed by atoms with van der Waals surface area (Å²) in [5, 5.41) is 18.4. The Hall–Kier alpha value is -1.51. The maximum absolute atomic E-state index is 14.3. The lowest BCUT2D eigenvalue weighted by Gasteiger charge is -2.24. The molecule has 0 amide bonds. The standard InChI is InChI=1S/C9H11FN2O5/c10-9(6(14)3-5(4-13)17-9)12-2-1-7(15)11-8(12)16/h1-2,5-6,13-14H,3-4H2,(H,11,15,16)/t5-,6+,9-/m0/s1. The van der Waals surface area contributed by atoms with Crippen LogP contribution in [0, 0.1) is 0 Å². The molecule has 0 bridgehead atoms. The number of hydrogen-bond acceptors (Lipinski definition) is 5. The Morgan fingerprint density at radius 2 is 2.35 bits per heavy atom. The molecule has 1 aliphatic heterocycles. The van der Waals surface area contributed by atoms with E-state index >= 15 is 0 Å². The van der Waals surface area contributed by atoms with Gasteiger partial charge in [-0.05, 0) is 0 Å². The van der Waals surface area contributed by atoms with Crippen LogP contribution in [0.15, 0.2) is 21.9 Å². The Morgan fingerprint density at radius 1 is 1.65 bits per heavy atom. The molecule has 1 aromatic heterocycles. The predicted molar refractivity (Wildman–Crippen MR) is 53.0 cm³/mol. The second-order valence-electron chi connectivity index (χ2n) is 3.76. The number of aliphatic hydroxyl groups is 2. The van der Waals surface area contributed by atoms with E-state index in [0.29, 0.717) is 4.57 Å². The molecule has 7 nitrogen and oxygen atoms in total. The summed E-state index contributed by atoms with van der Waals surface area (Å²) in [7, 11) is 0. The lowest BCUT2D eigenvalue weighted by molar-refractivity contribution is -0.239. The Bertz CT molecular complexity index is 527. The van der Waals surface area contributed by atoms with Crippen molar-refractivity contribution in [1.82, 2.24) is 9.55 Å². The number of ether oxygens (including phenoxy) is 1. The van der Waals surface area contributed by atoms with Crippen molar-refractivity contribution in [1.29, 1.82) is 0 Å². The van der Waals surface area contributed by atoms with Gasteiger partial charge in [-0.25, -0.2) is 9.36 Å². The van der Waals surface area contributed by atoms with Gasteiger partial charge in [0.05, 0.1) is 12.7 Å². The highest BCUT2D eigenvalue weighted by Gasteiger charge is 2.51. The molecule has 8 heteroatoms. The maximum atomic E-state index is 14.3. The molecule has 2 heterocycles. The van der Waals surface area contributed by atoms with Crippen molar-refractivity contribution in [2.45, 2.75) is 24.6 Å². The molecule has 2 rings (SSSR count). The van der Waals surface area contributed by atoms with Crippen molar-refractivity contribution >= 4 is 0 Å². The van der Waals surface area contributed by atoms with Gasteiger partial charge in [0.2, 0.25) is 0 Å². The van der Waals surface area contributed by atoms with Crippen LogP contribution in [0.25, 0.3) is 0 Å². The van der Waals surface area contributed by atoms with Crippen LogP contribution in [-0.4, -0.2) is 38.6 Å². The number of aromatic nitrogens is 2. The average Bonchev–Trinajstić information content (AvgIpc) is 2.55.